The average Bonchev–Trinajstić information content (AvgIpc) is 2.68. The Balaban J connectivity index is 2.34. The molecule has 0 aliphatic carbocycles. The molecule has 0 aliphatic rings. The molecule has 0 unspecified atom stereocenters. The number of hydrogen-bond donors (Lipinski definition) is 1. The van der Waals surface area contributed by atoms with Gasteiger partial charge in [0.25, 0.3) is 0 Å². The molecule has 2 rings (SSSR count). The first-order valence-corrected chi connectivity index (χ1v) is 5.62. The first-order chi connectivity index (χ1) is 8.62. The highest BCUT2D eigenvalue weighted by Gasteiger charge is 2.07. The quantitative estimate of drug-likeness (QED) is 0.903. The second-order valence-corrected chi connectivity index (χ2v) is 3.98. The van der Waals surface area contributed by atoms with Crippen LogP contribution in [0.5, 0.6) is 0 Å². The fourth-order valence-corrected chi connectivity index (χ4v) is 1.78. The summed E-state index contributed by atoms with van der Waals surface area (Å²) in [6, 6.07) is 6.09. The molecule has 0 atom stereocenters. The number of nitrogens with one attached hydrogen (secondary N) is 1. The second kappa shape index (κ2) is 4.88. The van der Waals surface area contributed by atoms with Gasteiger partial charge < -0.3 is 5.32 Å². The van der Waals surface area contributed by atoms with Crippen molar-refractivity contribution >= 4 is 11.4 Å². The predicted octanol–water partition coefficient (Wildman–Crippen LogP) is 2.74. The molecule has 1 heterocycles. The number of rotatable bonds is 3. The van der Waals surface area contributed by atoms with Gasteiger partial charge in [0.05, 0.1) is 23.0 Å². The van der Waals surface area contributed by atoms with Crippen LogP contribution in [0.25, 0.3) is 0 Å². The van der Waals surface area contributed by atoms with Crippen LogP contribution in [0.4, 0.5) is 15.8 Å². The van der Waals surface area contributed by atoms with Crippen molar-refractivity contribution in [3.8, 4) is 6.07 Å². The largest absolute Gasteiger partial charge is 0.353 e. The third-order valence-electron chi connectivity index (χ3n) is 2.55. The van der Waals surface area contributed by atoms with Crippen molar-refractivity contribution in [3.05, 3.63) is 41.5 Å². The number of aryl methyl sites for hydroxylation is 2. The summed E-state index contributed by atoms with van der Waals surface area (Å²) in [5.74, 6) is -0.432. The lowest BCUT2D eigenvalue weighted by atomic mass is 10.2. The SMILES string of the molecule is CCc1nn(C)cc1Nc1cc(F)cc(C#N)c1. The van der Waals surface area contributed by atoms with Crippen LogP contribution in [0.3, 0.4) is 0 Å². The Labute approximate surface area is 105 Å². The van der Waals surface area contributed by atoms with Gasteiger partial charge in [0.2, 0.25) is 0 Å². The highest BCUT2D eigenvalue weighted by molar-refractivity contribution is 5.62. The van der Waals surface area contributed by atoms with E-state index >= 15 is 0 Å². The zero-order chi connectivity index (χ0) is 13.1. The van der Waals surface area contributed by atoms with Gasteiger partial charge in [0.1, 0.15) is 5.82 Å². The number of halogens is 1. The van der Waals surface area contributed by atoms with Crippen LogP contribution in [-0.2, 0) is 13.5 Å². The highest BCUT2D eigenvalue weighted by Crippen LogP contribution is 2.22. The molecule has 2 aromatic rings. The standard InChI is InChI=1S/C13H13FN4/c1-3-12-13(8-18(2)17-12)16-11-5-9(7-15)4-10(14)6-11/h4-6,8,16H,3H2,1-2H3. The Hall–Kier alpha value is -2.35. The van der Waals surface area contributed by atoms with Crippen LogP contribution in [0.15, 0.2) is 24.4 Å². The van der Waals surface area contributed by atoms with Gasteiger partial charge in [-0.05, 0) is 24.6 Å². The lowest BCUT2D eigenvalue weighted by Crippen LogP contribution is -1.94. The van der Waals surface area contributed by atoms with Crippen LogP contribution in [0.1, 0.15) is 18.2 Å². The van der Waals surface area contributed by atoms with E-state index in [0.29, 0.717) is 11.3 Å². The Bertz CT molecular complexity index is 610. The van der Waals surface area contributed by atoms with E-state index in [-0.39, 0.29) is 0 Å². The third kappa shape index (κ3) is 2.48. The van der Waals surface area contributed by atoms with Crippen molar-refractivity contribution < 1.29 is 4.39 Å². The van der Waals surface area contributed by atoms with Crippen LogP contribution in [0.2, 0.25) is 0 Å². The zero-order valence-corrected chi connectivity index (χ0v) is 10.2. The first-order valence-electron chi connectivity index (χ1n) is 5.62. The molecule has 1 aromatic carbocycles. The smallest absolute Gasteiger partial charge is 0.126 e. The van der Waals surface area contributed by atoms with Crippen LogP contribution in [0, 0.1) is 17.1 Å². The summed E-state index contributed by atoms with van der Waals surface area (Å²) in [7, 11) is 1.83. The fourth-order valence-electron chi connectivity index (χ4n) is 1.78. The van der Waals surface area contributed by atoms with Crippen molar-refractivity contribution in [2.45, 2.75) is 13.3 Å². The maximum Gasteiger partial charge on any atom is 0.126 e. The number of benzene rings is 1. The van der Waals surface area contributed by atoms with E-state index in [1.807, 2.05) is 26.2 Å². The van der Waals surface area contributed by atoms with Crippen LogP contribution in [-0.4, -0.2) is 9.78 Å². The van der Waals surface area contributed by atoms with E-state index < -0.39 is 5.82 Å². The molecule has 0 bridgehead atoms. The molecule has 1 N–H and O–H groups in total. The summed E-state index contributed by atoms with van der Waals surface area (Å²) >= 11 is 0. The van der Waals surface area contributed by atoms with Gasteiger partial charge in [-0.25, -0.2) is 4.39 Å². The highest BCUT2D eigenvalue weighted by atomic mass is 19.1. The van der Waals surface area contributed by atoms with E-state index in [4.69, 9.17) is 5.26 Å². The molecular weight excluding hydrogens is 231 g/mol. The molecule has 0 saturated heterocycles. The molecule has 1 aromatic heterocycles. The number of nitrogens with zero attached hydrogens (tertiary/aromatic N) is 3. The first kappa shape index (κ1) is 12.1. The normalized spacial score (nSPS) is 10.1. The van der Waals surface area contributed by atoms with Crippen molar-refractivity contribution in [1.29, 1.82) is 5.26 Å². The molecule has 0 saturated carbocycles. The third-order valence-corrected chi connectivity index (χ3v) is 2.55. The topological polar surface area (TPSA) is 53.6 Å². The van der Waals surface area contributed by atoms with Gasteiger partial charge >= 0.3 is 0 Å². The molecule has 92 valence electrons. The Morgan fingerprint density at radius 2 is 2.22 bits per heavy atom. The second-order valence-electron chi connectivity index (χ2n) is 3.98. The zero-order valence-electron chi connectivity index (χ0n) is 10.2. The van der Waals surface area contributed by atoms with Gasteiger partial charge in [-0.2, -0.15) is 10.4 Å². The molecular formula is C13H13FN4. The monoisotopic (exact) mass is 244 g/mol. The van der Waals surface area contributed by atoms with Gasteiger partial charge in [0.15, 0.2) is 0 Å². The Kier molecular flexibility index (Phi) is 3.28. The molecule has 0 amide bonds. The van der Waals surface area contributed by atoms with Gasteiger partial charge in [-0.1, -0.05) is 6.92 Å². The summed E-state index contributed by atoms with van der Waals surface area (Å²) in [5.41, 5.74) is 2.57. The summed E-state index contributed by atoms with van der Waals surface area (Å²) in [4.78, 5) is 0. The average molecular weight is 244 g/mol. The van der Waals surface area contributed by atoms with Crippen molar-refractivity contribution in [2.24, 2.45) is 7.05 Å². The number of aromatic nitrogens is 2. The molecule has 18 heavy (non-hydrogen) atoms. The molecule has 5 heteroatoms. The Morgan fingerprint density at radius 3 is 2.89 bits per heavy atom. The maximum absolute atomic E-state index is 13.3. The van der Waals surface area contributed by atoms with Gasteiger partial charge in [-0.15, -0.1) is 0 Å². The molecule has 0 spiro atoms. The summed E-state index contributed by atoms with van der Waals surface area (Å²) < 4.78 is 15.0. The van der Waals surface area contributed by atoms with E-state index in [1.165, 1.54) is 12.1 Å². The van der Waals surface area contributed by atoms with Gasteiger partial charge in [-0.3, -0.25) is 4.68 Å². The summed E-state index contributed by atoms with van der Waals surface area (Å²) in [6.07, 6.45) is 2.61. The number of nitriles is 1. The van der Waals surface area contributed by atoms with Crippen LogP contribution >= 0.6 is 0 Å². The number of hydrogen-bond acceptors (Lipinski definition) is 3. The fraction of sp³-hybridized carbons (Fsp3) is 0.231. The van der Waals surface area contributed by atoms with Crippen LogP contribution < -0.4 is 5.32 Å². The van der Waals surface area contributed by atoms with Crippen molar-refractivity contribution in [3.63, 3.8) is 0 Å². The minimum absolute atomic E-state index is 0.291. The Morgan fingerprint density at radius 1 is 1.44 bits per heavy atom. The summed E-state index contributed by atoms with van der Waals surface area (Å²) in [6.45, 7) is 2.00. The van der Waals surface area contributed by atoms with E-state index in [9.17, 15) is 4.39 Å². The van der Waals surface area contributed by atoms with Crippen molar-refractivity contribution in [1.82, 2.24) is 9.78 Å². The molecule has 0 fully saturated rings. The van der Waals surface area contributed by atoms with Gasteiger partial charge in [0, 0.05) is 18.9 Å². The molecule has 0 radical (unpaired) electrons. The minimum Gasteiger partial charge on any atom is -0.353 e. The predicted molar refractivity (Wildman–Crippen MR) is 67.0 cm³/mol. The van der Waals surface area contributed by atoms with Crippen molar-refractivity contribution in [2.75, 3.05) is 5.32 Å². The van der Waals surface area contributed by atoms with E-state index in [2.05, 4.69) is 10.4 Å². The maximum atomic E-state index is 13.3. The van der Waals surface area contributed by atoms with E-state index in [1.54, 1.807) is 10.7 Å². The van der Waals surface area contributed by atoms with E-state index in [0.717, 1.165) is 17.8 Å². The minimum atomic E-state index is -0.432. The molecule has 0 aliphatic heterocycles. The lowest BCUT2D eigenvalue weighted by molar-refractivity contribution is 0.628. The lowest BCUT2D eigenvalue weighted by Gasteiger charge is -2.06. The number of anilines is 2. The summed E-state index contributed by atoms with van der Waals surface area (Å²) in [5, 5.41) is 16.2. The molecule has 4 nitrogen and oxygen atoms in total.